The maximum atomic E-state index is 5.78. The van der Waals surface area contributed by atoms with Gasteiger partial charge in [-0.25, -0.2) is 0 Å². The second-order valence-corrected chi connectivity index (χ2v) is 6.82. The van der Waals surface area contributed by atoms with Crippen LogP contribution in [-0.4, -0.2) is 10.1 Å². The number of halogens is 2. The zero-order chi connectivity index (χ0) is 16.2. The number of hydrogen-bond acceptors (Lipinski definition) is 4. The number of nitrogens with zero attached hydrogens (tertiary/aromatic N) is 2. The summed E-state index contributed by atoms with van der Waals surface area (Å²) in [7, 11) is 0. The quantitative estimate of drug-likeness (QED) is 0.558. The Balaban J connectivity index is 1.66. The predicted molar refractivity (Wildman–Crippen MR) is 94.5 cm³/mol. The number of rotatable bonds is 5. The summed E-state index contributed by atoms with van der Waals surface area (Å²) in [5.41, 5.74) is 2.28. The van der Waals surface area contributed by atoms with Gasteiger partial charge in [0.05, 0.1) is 8.95 Å². The van der Waals surface area contributed by atoms with E-state index in [9.17, 15) is 0 Å². The largest absolute Gasteiger partial charge is 0.481 e. The van der Waals surface area contributed by atoms with Gasteiger partial charge in [-0.15, -0.1) is 0 Å². The van der Waals surface area contributed by atoms with Gasteiger partial charge >= 0.3 is 0 Å². The van der Waals surface area contributed by atoms with Crippen molar-refractivity contribution in [2.24, 2.45) is 0 Å². The van der Waals surface area contributed by atoms with E-state index in [1.807, 2.05) is 49.4 Å². The lowest BCUT2D eigenvalue weighted by Gasteiger charge is -2.09. The lowest BCUT2D eigenvalue weighted by Crippen LogP contribution is -1.98. The maximum absolute atomic E-state index is 5.78. The molecule has 0 aliphatic heterocycles. The number of aryl methyl sites for hydroxylation is 1. The molecule has 2 aromatic carbocycles. The molecule has 1 aromatic heterocycles. The van der Waals surface area contributed by atoms with E-state index < -0.39 is 0 Å². The first-order valence-electron chi connectivity index (χ1n) is 7.05. The number of benzene rings is 2. The Bertz CT molecular complexity index is 780. The van der Waals surface area contributed by atoms with Gasteiger partial charge in [0.25, 0.3) is 5.89 Å². The number of aromatic nitrogens is 2. The average Bonchev–Trinajstić information content (AvgIpc) is 2.94. The van der Waals surface area contributed by atoms with Crippen LogP contribution in [0.25, 0.3) is 0 Å². The second kappa shape index (κ2) is 7.27. The molecule has 0 fully saturated rings. The van der Waals surface area contributed by atoms with E-state index >= 15 is 0 Å². The normalized spacial score (nSPS) is 10.7. The highest BCUT2D eigenvalue weighted by molar-refractivity contribution is 9.11. The van der Waals surface area contributed by atoms with E-state index in [-0.39, 0.29) is 6.61 Å². The molecule has 0 radical (unpaired) electrons. The summed E-state index contributed by atoms with van der Waals surface area (Å²) in [6.45, 7) is 2.25. The van der Waals surface area contributed by atoms with E-state index in [0.717, 1.165) is 25.8 Å². The molecular weight excluding hydrogens is 424 g/mol. The summed E-state index contributed by atoms with van der Waals surface area (Å²) in [4.78, 5) is 4.36. The van der Waals surface area contributed by atoms with Crippen LogP contribution in [0.15, 0.2) is 55.9 Å². The molecule has 4 nitrogen and oxygen atoms in total. The Morgan fingerprint density at radius 2 is 1.78 bits per heavy atom. The lowest BCUT2D eigenvalue weighted by atomic mass is 10.1. The van der Waals surface area contributed by atoms with Crippen LogP contribution in [0.1, 0.15) is 22.8 Å². The minimum Gasteiger partial charge on any atom is -0.481 e. The Kier molecular flexibility index (Phi) is 5.13. The first-order chi connectivity index (χ1) is 11.1. The predicted octanol–water partition coefficient (Wildman–Crippen LogP) is 5.07. The van der Waals surface area contributed by atoms with E-state index in [1.165, 1.54) is 0 Å². The molecule has 1 heterocycles. The molecular formula is C17H14Br2N2O2. The van der Waals surface area contributed by atoms with Gasteiger partial charge in [0, 0.05) is 6.42 Å². The highest BCUT2D eigenvalue weighted by Gasteiger charge is 2.11. The molecule has 0 unspecified atom stereocenters. The summed E-state index contributed by atoms with van der Waals surface area (Å²) in [5, 5.41) is 3.99. The van der Waals surface area contributed by atoms with Crippen LogP contribution < -0.4 is 4.74 Å². The summed E-state index contributed by atoms with van der Waals surface area (Å²) in [5.74, 6) is 1.82. The van der Waals surface area contributed by atoms with Crippen molar-refractivity contribution in [3.63, 3.8) is 0 Å². The Labute approximate surface area is 151 Å². The molecule has 6 heteroatoms. The fourth-order valence-electron chi connectivity index (χ4n) is 2.16. The third-order valence-corrected chi connectivity index (χ3v) is 4.38. The van der Waals surface area contributed by atoms with E-state index in [2.05, 4.69) is 42.0 Å². The van der Waals surface area contributed by atoms with Crippen LogP contribution in [0.5, 0.6) is 5.75 Å². The lowest BCUT2D eigenvalue weighted by molar-refractivity contribution is 0.240. The molecule has 0 aliphatic carbocycles. The molecule has 0 spiro atoms. The topological polar surface area (TPSA) is 48.2 Å². The van der Waals surface area contributed by atoms with Gasteiger partial charge in [-0.2, -0.15) is 4.98 Å². The summed E-state index contributed by atoms with van der Waals surface area (Å²) in [6.07, 6.45) is 0.641. The molecule has 23 heavy (non-hydrogen) atoms. The fourth-order valence-corrected chi connectivity index (χ4v) is 3.80. The molecule has 0 saturated heterocycles. The van der Waals surface area contributed by atoms with Crippen LogP contribution in [0.4, 0.5) is 0 Å². The monoisotopic (exact) mass is 436 g/mol. The number of hydrogen-bond donors (Lipinski definition) is 0. The Morgan fingerprint density at radius 3 is 2.48 bits per heavy atom. The third kappa shape index (κ3) is 4.20. The average molecular weight is 438 g/mol. The van der Waals surface area contributed by atoms with Crippen molar-refractivity contribution in [2.75, 3.05) is 0 Å². The van der Waals surface area contributed by atoms with Gasteiger partial charge in [-0.1, -0.05) is 35.5 Å². The minimum absolute atomic E-state index is 0.224. The maximum Gasteiger partial charge on any atom is 0.264 e. The van der Waals surface area contributed by atoms with E-state index in [4.69, 9.17) is 9.26 Å². The van der Waals surface area contributed by atoms with Crippen LogP contribution in [0.3, 0.4) is 0 Å². The highest BCUT2D eigenvalue weighted by Crippen LogP contribution is 2.35. The van der Waals surface area contributed by atoms with Gasteiger partial charge in [0.1, 0.15) is 5.75 Å². The summed E-state index contributed by atoms with van der Waals surface area (Å²) in [6, 6.07) is 14.0. The van der Waals surface area contributed by atoms with Crippen molar-refractivity contribution in [3.8, 4) is 5.75 Å². The molecule has 0 amide bonds. The van der Waals surface area contributed by atoms with Crippen molar-refractivity contribution < 1.29 is 9.26 Å². The fraction of sp³-hybridized carbons (Fsp3) is 0.176. The molecule has 0 bridgehead atoms. The molecule has 3 aromatic rings. The van der Waals surface area contributed by atoms with E-state index in [0.29, 0.717) is 18.1 Å². The molecule has 0 atom stereocenters. The summed E-state index contributed by atoms with van der Waals surface area (Å²) < 4.78 is 12.8. The number of ether oxygens (including phenoxy) is 1. The first-order valence-corrected chi connectivity index (χ1v) is 8.64. The van der Waals surface area contributed by atoms with Gasteiger partial charge in [0.2, 0.25) is 0 Å². The van der Waals surface area contributed by atoms with Crippen molar-refractivity contribution >= 4 is 31.9 Å². The van der Waals surface area contributed by atoms with Gasteiger partial charge in [-0.05, 0) is 62.0 Å². The van der Waals surface area contributed by atoms with Gasteiger partial charge in [-0.3, -0.25) is 0 Å². The van der Waals surface area contributed by atoms with Crippen molar-refractivity contribution in [3.05, 3.63) is 74.3 Å². The molecule has 0 saturated carbocycles. The van der Waals surface area contributed by atoms with Crippen LogP contribution in [0.2, 0.25) is 0 Å². The first kappa shape index (κ1) is 16.2. The van der Waals surface area contributed by atoms with Crippen molar-refractivity contribution in [1.82, 2.24) is 10.1 Å². The molecule has 0 aliphatic rings. The van der Waals surface area contributed by atoms with Crippen LogP contribution in [0, 0.1) is 6.92 Å². The second-order valence-electron chi connectivity index (χ2n) is 5.11. The van der Waals surface area contributed by atoms with Crippen LogP contribution in [-0.2, 0) is 13.0 Å². The third-order valence-electron chi connectivity index (χ3n) is 3.20. The van der Waals surface area contributed by atoms with Crippen LogP contribution >= 0.6 is 31.9 Å². The molecule has 118 valence electrons. The molecule has 0 N–H and O–H groups in total. The highest BCUT2D eigenvalue weighted by atomic mass is 79.9. The Hall–Kier alpha value is -1.66. The van der Waals surface area contributed by atoms with Gasteiger partial charge in [0.15, 0.2) is 12.4 Å². The standard InChI is InChI=1S/C17H14Br2N2O2/c1-11-7-13(18)17(14(19)8-11)22-10-16-20-15(21-23-16)9-12-5-3-2-4-6-12/h2-8H,9-10H2,1H3. The summed E-state index contributed by atoms with van der Waals surface area (Å²) >= 11 is 7.00. The zero-order valence-corrected chi connectivity index (χ0v) is 15.6. The van der Waals surface area contributed by atoms with E-state index in [1.54, 1.807) is 0 Å². The SMILES string of the molecule is Cc1cc(Br)c(OCc2nc(Cc3ccccc3)no2)c(Br)c1. The van der Waals surface area contributed by atoms with Gasteiger partial charge < -0.3 is 9.26 Å². The minimum atomic E-state index is 0.224. The van der Waals surface area contributed by atoms with Crippen molar-refractivity contribution in [1.29, 1.82) is 0 Å². The smallest absolute Gasteiger partial charge is 0.264 e. The zero-order valence-electron chi connectivity index (χ0n) is 12.4. The Morgan fingerprint density at radius 1 is 1.09 bits per heavy atom. The molecule has 3 rings (SSSR count). The van der Waals surface area contributed by atoms with Crippen molar-refractivity contribution in [2.45, 2.75) is 20.0 Å².